The maximum absolute atomic E-state index is 13.5. The van der Waals surface area contributed by atoms with Crippen molar-refractivity contribution < 1.29 is 23.6 Å². The number of nitrogens with one attached hydrogen (secondary N) is 3. The van der Waals surface area contributed by atoms with Crippen LogP contribution in [0.3, 0.4) is 0 Å². The molecule has 2 fully saturated rings. The number of para-hydroxylation sites is 1. The van der Waals surface area contributed by atoms with Gasteiger partial charge in [-0.15, -0.1) is 0 Å². The van der Waals surface area contributed by atoms with Crippen LogP contribution in [0.25, 0.3) is 0 Å². The SMILES string of the molecule is C[C@H]1CCCC[C@]12NC(=O)N(CC(=O)NC(=O)Nc1ccccc1F)C2=O. The molecule has 0 aromatic heterocycles. The van der Waals surface area contributed by atoms with Crippen molar-refractivity contribution in [3.05, 3.63) is 30.1 Å². The smallest absolute Gasteiger partial charge is 0.323 e. The summed E-state index contributed by atoms with van der Waals surface area (Å²) in [4.78, 5) is 49.8. The van der Waals surface area contributed by atoms with Gasteiger partial charge in [0.15, 0.2) is 0 Å². The summed E-state index contributed by atoms with van der Waals surface area (Å²) in [5.41, 5.74) is -1.06. The predicted octanol–water partition coefficient (Wildman–Crippen LogP) is 1.97. The van der Waals surface area contributed by atoms with Crippen LogP contribution < -0.4 is 16.0 Å². The maximum Gasteiger partial charge on any atom is 0.326 e. The summed E-state index contributed by atoms with van der Waals surface area (Å²) in [5, 5.41) is 6.93. The zero-order valence-electron chi connectivity index (χ0n) is 14.9. The minimum absolute atomic E-state index is 0.0277. The lowest BCUT2D eigenvalue weighted by molar-refractivity contribution is -0.137. The molecule has 2 aliphatic rings. The fourth-order valence-electron chi connectivity index (χ4n) is 3.66. The van der Waals surface area contributed by atoms with Gasteiger partial charge in [0.1, 0.15) is 17.9 Å². The second kappa shape index (κ2) is 7.34. The van der Waals surface area contributed by atoms with Gasteiger partial charge >= 0.3 is 12.1 Å². The van der Waals surface area contributed by atoms with E-state index in [2.05, 4.69) is 10.6 Å². The number of urea groups is 2. The molecule has 2 atom stereocenters. The maximum atomic E-state index is 13.5. The van der Waals surface area contributed by atoms with Crippen LogP contribution in [0.15, 0.2) is 24.3 Å². The molecule has 8 nitrogen and oxygen atoms in total. The van der Waals surface area contributed by atoms with Crippen LogP contribution in [0.1, 0.15) is 32.6 Å². The third-order valence-electron chi connectivity index (χ3n) is 5.18. The molecule has 1 aromatic carbocycles. The Morgan fingerprint density at radius 3 is 2.74 bits per heavy atom. The lowest BCUT2D eigenvalue weighted by Crippen LogP contribution is -2.54. The largest absolute Gasteiger partial charge is 0.326 e. The Kier molecular flexibility index (Phi) is 5.11. The summed E-state index contributed by atoms with van der Waals surface area (Å²) >= 11 is 0. The van der Waals surface area contributed by atoms with E-state index in [1.165, 1.54) is 18.2 Å². The Hall–Kier alpha value is -2.97. The number of anilines is 1. The highest BCUT2D eigenvalue weighted by atomic mass is 19.1. The van der Waals surface area contributed by atoms with E-state index < -0.39 is 41.8 Å². The average molecular weight is 376 g/mol. The zero-order chi connectivity index (χ0) is 19.6. The first-order chi connectivity index (χ1) is 12.8. The van der Waals surface area contributed by atoms with Crippen LogP contribution in [-0.2, 0) is 9.59 Å². The molecule has 0 radical (unpaired) electrons. The summed E-state index contributed by atoms with van der Waals surface area (Å²) < 4.78 is 13.5. The van der Waals surface area contributed by atoms with E-state index in [-0.39, 0.29) is 11.6 Å². The third-order valence-corrected chi connectivity index (χ3v) is 5.18. The molecule has 1 aliphatic carbocycles. The Labute approximate surface area is 155 Å². The molecule has 1 spiro atoms. The monoisotopic (exact) mass is 376 g/mol. The Bertz CT molecular complexity index is 799. The molecule has 27 heavy (non-hydrogen) atoms. The molecule has 3 rings (SSSR count). The minimum atomic E-state index is -0.967. The summed E-state index contributed by atoms with van der Waals surface area (Å²) in [6, 6.07) is 3.90. The van der Waals surface area contributed by atoms with E-state index >= 15 is 0 Å². The number of benzene rings is 1. The highest BCUT2D eigenvalue weighted by Gasteiger charge is 2.55. The average Bonchev–Trinajstić information content (AvgIpc) is 2.84. The van der Waals surface area contributed by atoms with Gasteiger partial charge in [0.05, 0.1) is 5.69 Å². The molecular formula is C18H21FN4O4. The fourth-order valence-corrected chi connectivity index (χ4v) is 3.66. The van der Waals surface area contributed by atoms with Crippen LogP contribution in [0, 0.1) is 11.7 Å². The molecule has 9 heteroatoms. The number of imide groups is 2. The van der Waals surface area contributed by atoms with Crippen LogP contribution >= 0.6 is 0 Å². The fraction of sp³-hybridized carbons (Fsp3) is 0.444. The zero-order valence-corrected chi connectivity index (χ0v) is 14.9. The van der Waals surface area contributed by atoms with Gasteiger partial charge in [-0.05, 0) is 30.9 Å². The van der Waals surface area contributed by atoms with Crippen molar-refractivity contribution in [1.29, 1.82) is 0 Å². The molecule has 1 saturated carbocycles. The van der Waals surface area contributed by atoms with Crippen LogP contribution in [0.2, 0.25) is 0 Å². The Morgan fingerprint density at radius 2 is 2.04 bits per heavy atom. The van der Waals surface area contributed by atoms with E-state index in [1.54, 1.807) is 0 Å². The van der Waals surface area contributed by atoms with Crippen molar-refractivity contribution in [2.24, 2.45) is 5.92 Å². The van der Waals surface area contributed by atoms with Crippen LogP contribution in [-0.4, -0.2) is 40.9 Å². The van der Waals surface area contributed by atoms with E-state index in [0.29, 0.717) is 6.42 Å². The van der Waals surface area contributed by atoms with Crippen molar-refractivity contribution in [2.75, 3.05) is 11.9 Å². The number of carbonyl (C=O) groups excluding carboxylic acids is 4. The number of hydrogen-bond donors (Lipinski definition) is 3. The van der Waals surface area contributed by atoms with Crippen molar-refractivity contribution >= 4 is 29.6 Å². The van der Waals surface area contributed by atoms with Gasteiger partial charge < -0.3 is 10.6 Å². The second-order valence-corrected chi connectivity index (χ2v) is 6.92. The number of amides is 6. The quantitative estimate of drug-likeness (QED) is 0.701. The standard InChI is InChI=1S/C18H21FN4O4/c1-11-6-4-5-9-18(11)15(25)23(17(27)22-18)10-14(24)21-16(26)20-13-8-3-2-7-12(13)19/h2-3,7-8,11H,4-6,9-10H2,1H3,(H,22,27)(H2,20,21,24,26)/t11-,18-/m0/s1. The van der Waals surface area contributed by atoms with Crippen molar-refractivity contribution in [2.45, 2.75) is 38.1 Å². The number of halogens is 1. The van der Waals surface area contributed by atoms with Gasteiger partial charge in [0, 0.05) is 0 Å². The lowest BCUT2D eigenvalue weighted by Gasteiger charge is -2.36. The number of rotatable bonds is 3. The number of nitrogens with zero attached hydrogens (tertiary/aromatic N) is 1. The van der Waals surface area contributed by atoms with E-state index in [4.69, 9.17) is 0 Å². The lowest BCUT2D eigenvalue weighted by atomic mass is 9.73. The molecule has 0 bridgehead atoms. The van der Waals surface area contributed by atoms with Crippen molar-refractivity contribution in [1.82, 2.24) is 15.5 Å². The number of carbonyl (C=O) groups is 4. The van der Waals surface area contributed by atoms with Crippen molar-refractivity contribution in [3.63, 3.8) is 0 Å². The topological polar surface area (TPSA) is 108 Å². The normalized spacial score (nSPS) is 24.7. The summed E-state index contributed by atoms with van der Waals surface area (Å²) in [7, 11) is 0. The summed E-state index contributed by atoms with van der Waals surface area (Å²) in [5.74, 6) is -1.96. The molecule has 1 aliphatic heterocycles. The van der Waals surface area contributed by atoms with Gasteiger partial charge in [0.25, 0.3) is 5.91 Å². The van der Waals surface area contributed by atoms with Crippen LogP contribution in [0.4, 0.5) is 19.7 Å². The Morgan fingerprint density at radius 1 is 1.30 bits per heavy atom. The number of hydrogen-bond acceptors (Lipinski definition) is 4. The van der Waals surface area contributed by atoms with Crippen LogP contribution in [0.5, 0.6) is 0 Å². The summed E-state index contributed by atoms with van der Waals surface area (Å²) in [6.45, 7) is 1.33. The predicted molar refractivity (Wildman–Crippen MR) is 94.2 cm³/mol. The van der Waals surface area contributed by atoms with Crippen molar-refractivity contribution in [3.8, 4) is 0 Å². The molecule has 144 valence electrons. The second-order valence-electron chi connectivity index (χ2n) is 6.92. The molecule has 1 saturated heterocycles. The molecule has 0 unspecified atom stereocenters. The first kappa shape index (κ1) is 18.8. The first-order valence-corrected chi connectivity index (χ1v) is 8.83. The first-order valence-electron chi connectivity index (χ1n) is 8.83. The van der Waals surface area contributed by atoms with Gasteiger partial charge in [-0.3, -0.25) is 19.8 Å². The van der Waals surface area contributed by atoms with Gasteiger partial charge in [-0.2, -0.15) is 0 Å². The molecule has 3 N–H and O–H groups in total. The molecular weight excluding hydrogens is 355 g/mol. The highest BCUT2D eigenvalue weighted by Crippen LogP contribution is 2.38. The van der Waals surface area contributed by atoms with Gasteiger partial charge in [0.2, 0.25) is 5.91 Å². The Balaban J connectivity index is 1.60. The highest BCUT2D eigenvalue weighted by molar-refractivity contribution is 6.10. The van der Waals surface area contributed by atoms with E-state index in [1.807, 2.05) is 12.2 Å². The van der Waals surface area contributed by atoms with E-state index in [0.717, 1.165) is 30.2 Å². The molecule has 6 amide bonds. The third kappa shape index (κ3) is 3.62. The minimum Gasteiger partial charge on any atom is -0.323 e. The van der Waals surface area contributed by atoms with E-state index in [9.17, 15) is 23.6 Å². The van der Waals surface area contributed by atoms with Gasteiger partial charge in [-0.1, -0.05) is 31.9 Å². The molecule has 1 heterocycles. The molecule has 1 aromatic rings. The van der Waals surface area contributed by atoms with Gasteiger partial charge in [-0.25, -0.2) is 14.0 Å². The summed E-state index contributed by atoms with van der Waals surface area (Å²) in [6.07, 6.45) is 3.16.